The Bertz CT molecular complexity index is 1090. The topological polar surface area (TPSA) is 32.8 Å². The molecule has 0 radical (unpaired) electrons. The van der Waals surface area contributed by atoms with E-state index in [4.69, 9.17) is 16.3 Å². The fraction of sp³-hybridized carbons (Fsp3) is 0.581. The molecule has 200 valence electrons. The highest BCUT2D eigenvalue weighted by Crippen LogP contribution is 2.43. The molecule has 5 rings (SSSR count). The van der Waals surface area contributed by atoms with Crippen molar-refractivity contribution < 1.29 is 9.53 Å². The van der Waals surface area contributed by atoms with Crippen molar-refractivity contribution in [3.63, 3.8) is 0 Å². The summed E-state index contributed by atoms with van der Waals surface area (Å²) in [6.45, 7) is 7.14. The molecule has 2 heterocycles. The molecule has 0 N–H and O–H groups in total. The second-order valence-corrected chi connectivity index (χ2v) is 13.6. The monoisotopic (exact) mass is 634 g/mol. The van der Waals surface area contributed by atoms with Gasteiger partial charge in [-0.25, -0.2) is 0 Å². The zero-order chi connectivity index (χ0) is 25.8. The zero-order valence-electron chi connectivity index (χ0n) is 22.1. The standard InChI is InChI=1S/C31H40ClIN2O2/c1-23-20-27(37-19-18-34-15-6-3-7-16-34)10-11-28(23)24-8-9-25(29(32)22-24)21-26-12-17-35(30(26)36)31(33)13-4-2-5-14-31/h8-11,20,22,26H,2-7,12-19,21H2,1H3. The molecule has 0 spiro atoms. The van der Waals surface area contributed by atoms with Crippen LogP contribution in [0.5, 0.6) is 5.75 Å². The summed E-state index contributed by atoms with van der Waals surface area (Å²) in [6.07, 6.45) is 11.7. The average molecular weight is 635 g/mol. The Labute approximate surface area is 241 Å². The summed E-state index contributed by atoms with van der Waals surface area (Å²) in [6, 6.07) is 12.7. The fourth-order valence-electron chi connectivity index (χ4n) is 6.36. The van der Waals surface area contributed by atoms with Crippen molar-refractivity contribution in [1.82, 2.24) is 9.80 Å². The predicted octanol–water partition coefficient (Wildman–Crippen LogP) is 7.67. The van der Waals surface area contributed by atoms with Gasteiger partial charge in [0, 0.05) is 24.0 Å². The van der Waals surface area contributed by atoms with Crippen molar-refractivity contribution >= 4 is 40.1 Å². The summed E-state index contributed by atoms with van der Waals surface area (Å²) in [5, 5.41) is 0.756. The number of likely N-dealkylation sites (tertiary alicyclic amines) is 2. The number of halogens is 2. The van der Waals surface area contributed by atoms with Crippen LogP contribution in [0.1, 0.15) is 68.9 Å². The van der Waals surface area contributed by atoms with Gasteiger partial charge >= 0.3 is 0 Å². The Hall–Kier alpha value is -1.31. The number of rotatable bonds is 8. The highest BCUT2D eigenvalue weighted by atomic mass is 127. The molecule has 1 saturated carbocycles. The molecule has 1 unspecified atom stereocenters. The van der Waals surface area contributed by atoms with Gasteiger partial charge in [-0.15, -0.1) is 0 Å². The van der Waals surface area contributed by atoms with E-state index in [1.807, 2.05) is 0 Å². The number of hydrogen-bond acceptors (Lipinski definition) is 3. The molecule has 2 saturated heterocycles. The minimum atomic E-state index is 0.0243. The van der Waals surface area contributed by atoms with E-state index >= 15 is 0 Å². The van der Waals surface area contributed by atoms with Gasteiger partial charge in [-0.05, 0) is 99.0 Å². The first kappa shape index (κ1) is 27.3. The van der Waals surface area contributed by atoms with E-state index in [9.17, 15) is 4.79 Å². The lowest BCUT2D eigenvalue weighted by Crippen LogP contribution is -2.46. The lowest BCUT2D eigenvalue weighted by molar-refractivity contribution is -0.133. The summed E-state index contributed by atoms with van der Waals surface area (Å²) in [5.74, 6) is 1.29. The number of nitrogens with zero attached hydrogens (tertiary/aromatic N) is 2. The van der Waals surface area contributed by atoms with Crippen LogP contribution >= 0.6 is 34.2 Å². The van der Waals surface area contributed by atoms with Crippen LogP contribution in [0.2, 0.25) is 5.02 Å². The van der Waals surface area contributed by atoms with Crippen LogP contribution in [-0.2, 0) is 11.2 Å². The molecule has 4 nitrogen and oxygen atoms in total. The minimum Gasteiger partial charge on any atom is -0.492 e. The van der Waals surface area contributed by atoms with Gasteiger partial charge in [0.2, 0.25) is 5.91 Å². The number of carbonyl (C=O) groups excluding carboxylic acids is 1. The molecule has 2 aromatic rings. The number of alkyl halides is 1. The van der Waals surface area contributed by atoms with Crippen LogP contribution < -0.4 is 4.74 Å². The molecule has 2 aliphatic heterocycles. The molecule has 0 bridgehead atoms. The van der Waals surface area contributed by atoms with Crippen molar-refractivity contribution in [3.8, 4) is 16.9 Å². The van der Waals surface area contributed by atoms with Crippen molar-refractivity contribution in [2.75, 3.05) is 32.8 Å². The predicted molar refractivity (Wildman–Crippen MR) is 161 cm³/mol. The Morgan fingerprint density at radius 2 is 1.76 bits per heavy atom. The van der Waals surface area contributed by atoms with Crippen LogP contribution in [-0.4, -0.2) is 52.0 Å². The second kappa shape index (κ2) is 12.3. The molecule has 3 aliphatic rings. The van der Waals surface area contributed by atoms with Gasteiger partial charge in [0.05, 0.1) is 3.55 Å². The summed E-state index contributed by atoms with van der Waals surface area (Å²) in [4.78, 5) is 18.0. The Kier molecular flexibility index (Phi) is 9.03. The third-order valence-corrected chi connectivity index (χ3v) is 10.6. The first-order chi connectivity index (χ1) is 17.9. The highest BCUT2D eigenvalue weighted by molar-refractivity contribution is 14.1. The van der Waals surface area contributed by atoms with Crippen LogP contribution in [0.3, 0.4) is 0 Å². The number of aryl methyl sites for hydroxylation is 1. The van der Waals surface area contributed by atoms with E-state index in [1.54, 1.807) is 0 Å². The molecule has 2 aromatic carbocycles. The summed E-state index contributed by atoms with van der Waals surface area (Å²) >= 11 is 9.34. The third-order valence-electron chi connectivity index (χ3n) is 8.57. The molecule has 1 aliphatic carbocycles. The molecule has 3 fully saturated rings. The van der Waals surface area contributed by atoms with E-state index in [-0.39, 0.29) is 9.46 Å². The van der Waals surface area contributed by atoms with Crippen LogP contribution in [0.4, 0.5) is 0 Å². The number of benzene rings is 2. The van der Waals surface area contributed by atoms with E-state index in [2.05, 4.69) is 75.7 Å². The minimum absolute atomic E-state index is 0.0243. The molecule has 0 aromatic heterocycles. The first-order valence-electron chi connectivity index (χ1n) is 14.2. The van der Waals surface area contributed by atoms with Crippen molar-refractivity contribution in [2.24, 2.45) is 5.92 Å². The fourth-order valence-corrected chi connectivity index (χ4v) is 7.86. The lowest BCUT2D eigenvalue weighted by atomic mass is 9.93. The SMILES string of the molecule is Cc1cc(OCCN2CCCCC2)ccc1-c1ccc(CC2CCN(C3(I)CCCCC3)C2=O)c(Cl)c1. The number of piperidine rings is 1. The first-order valence-corrected chi connectivity index (χ1v) is 15.6. The quantitative estimate of drug-likeness (QED) is 0.170. The molecule has 37 heavy (non-hydrogen) atoms. The van der Waals surface area contributed by atoms with Gasteiger partial charge < -0.3 is 9.64 Å². The van der Waals surface area contributed by atoms with Gasteiger partial charge in [0.15, 0.2) is 0 Å². The van der Waals surface area contributed by atoms with Crippen LogP contribution in [0.25, 0.3) is 11.1 Å². The number of carbonyl (C=O) groups is 1. The second-order valence-electron chi connectivity index (χ2n) is 11.2. The molecule has 6 heteroatoms. The number of amides is 1. The van der Waals surface area contributed by atoms with E-state index in [0.717, 1.165) is 67.3 Å². The smallest absolute Gasteiger partial charge is 0.227 e. The Morgan fingerprint density at radius 3 is 2.49 bits per heavy atom. The van der Waals surface area contributed by atoms with Gasteiger partial charge in [0.25, 0.3) is 0 Å². The van der Waals surface area contributed by atoms with Crippen molar-refractivity contribution in [3.05, 3.63) is 52.5 Å². The van der Waals surface area contributed by atoms with E-state index < -0.39 is 0 Å². The van der Waals surface area contributed by atoms with Gasteiger partial charge in [0.1, 0.15) is 12.4 Å². The average Bonchev–Trinajstić information content (AvgIpc) is 3.27. The largest absolute Gasteiger partial charge is 0.492 e. The van der Waals surface area contributed by atoms with Gasteiger partial charge in [-0.3, -0.25) is 9.69 Å². The summed E-state index contributed by atoms with van der Waals surface area (Å²) in [7, 11) is 0. The van der Waals surface area contributed by atoms with Crippen LogP contribution in [0, 0.1) is 12.8 Å². The molecule has 1 amide bonds. The Morgan fingerprint density at radius 1 is 1.00 bits per heavy atom. The third kappa shape index (κ3) is 6.47. The van der Waals surface area contributed by atoms with Gasteiger partial charge in [-0.1, -0.05) is 78.1 Å². The van der Waals surface area contributed by atoms with E-state index in [1.165, 1.54) is 62.7 Å². The van der Waals surface area contributed by atoms with E-state index in [0.29, 0.717) is 5.91 Å². The molecule has 1 atom stereocenters. The number of ether oxygens (including phenoxy) is 1. The summed E-state index contributed by atoms with van der Waals surface area (Å²) < 4.78 is 6.09. The number of hydrogen-bond donors (Lipinski definition) is 0. The van der Waals surface area contributed by atoms with Crippen molar-refractivity contribution in [2.45, 2.75) is 74.7 Å². The maximum absolute atomic E-state index is 13.3. The lowest BCUT2D eigenvalue weighted by Gasteiger charge is -2.40. The highest BCUT2D eigenvalue weighted by Gasteiger charge is 2.44. The molecular formula is C31H40ClIN2O2. The van der Waals surface area contributed by atoms with Gasteiger partial charge in [-0.2, -0.15) is 0 Å². The molecular weight excluding hydrogens is 595 g/mol. The zero-order valence-corrected chi connectivity index (χ0v) is 25.0. The normalized spacial score (nSPS) is 22.4. The van der Waals surface area contributed by atoms with Crippen LogP contribution in [0.15, 0.2) is 36.4 Å². The Balaban J connectivity index is 1.19. The summed E-state index contributed by atoms with van der Waals surface area (Å²) in [5.41, 5.74) is 4.54. The maximum Gasteiger partial charge on any atom is 0.227 e. The van der Waals surface area contributed by atoms with Crippen molar-refractivity contribution in [1.29, 1.82) is 0 Å². The maximum atomic E-state index is 13.3.